The van der Waals surface area contributed by atoms with Gasteiger partial charge in [0.15, 0.2) is 0 Å². The van der Waals surface area contributed by atoms with Crippen molar-refractivity contribution in [2.24, 2.45) is 0 Å². The second kappa shape index (κ2) is 11.1. The molecule has 8 heteroatoms. The van der Waals surface area contributed by atoms with Crippen LogP contribution in [-0.4, -0.2) is 30.4 Å². The zero-order chi connectivity index (χ0) is 24.7. The summed E-state index contributed by atoms with van der Waals surface area (Å²) in [4.78, 5) is 4.65. The van der Waals surface area contributed by atoms with Gasteiger partial charge in [0.1, 0.15) is 30.0 Å². The largest absolute Gasteiger partial charge is 0.509 e. The Morgan fingerprint density at radius 2 is 1.82 bits per heavy atom. The third-order valence-electron chi connectivity index (χ3n) is 5.01. The molecule has 34 heavy (non-hydrogen) atoms. The van der Waals surface area contributed by atoms with Gasteiger partial charge in [-0.05, 0) is 55.0 Å². The minimum Gasteiger partial charge on any atom is -0.509 e. The number of hydrogen-bond donors (Lipinski definition) is 1. The van der Waals surface area contributed by atoms with E-state index in [0.29, 0.717) is 41.5 Å². The van der Waals surface area contributed by atoms with Gasteiger partial charge in [0.2, 0.25) is 0 Å². The Balaban J connectivity index is 1.83. The second-order valence-corrected chi connectivity index (χ2v) is 7.69. The Hall–Kier alpha value is -3.52. The molecule has 0 unspecified atom stereocenters. The molecule has 0 saturated heterocycles. The van der Waals surface area contributed by atoms with Gasteiger partial charge in [-0.1, -0.05) is 24.8 Å². The summed E-state index contributed by atoms with van der Waals surface area (Å²) in [6.07, 6.45) is -4.32. The maximum atomic E-state index is 12.9. The lowest BCUT2D eigenvalue weighted by atomic mass is 10.1. The molecule has 0 amide bonds. The maximum Gasteiger partial charge on any atom is 0.416 e. The van der Waals surface area contributed by atoms with E-state index in [1.807, 2.05) is 19.1 Å². The van der Waals surface area contributed by atoms with Gasteiger partial charge in [-0.15, -0.1) is 0 Å². The van der Waals surface area contributed by atoms with E-state index in [4.69, 9.17) is 14.2 Å². The first-order valence-corrected chi connectivity index (χ1v) is 10.6. The van der Waals surface area contributed by atoms with Gasteiger partial charge < -0.3 is 19.3 Å². The molecule has 5 nitrogen and oxygen atoms in total. The predicted octanol–water partition coefficient (Wildman–Crippen LogP) is 6.68. The van der Waals surface area contributed by atoms with Crippen molar-refractivity contribution in [3.05, 3.63) is 89.8 Å². The quantitative estimate of drug-likeness (QED) is 0.333. The van der Waals surface area contributed by atoms with Crippen LogP contribution in [0.25, 0.3) is 11.3 Å². The first-order chi connectivity index (χ1) is 16.2. The number of benzene rings is 2. The number of hydrogen-bond acceptors (Lipinski definition) is 5. The highest BCUT2D eigenvalue weighted by molar-refractivity contribution is 5.59. The zero-order valence-corrected chi connectivity index (χ0v) is 18.9. The van der Waals surface area contributed by atoms with E-state index in [2.05, 4.69) is 11.6 Å². The Labute approximate surface area is 196 Å². The minimum absolute atomic E-state index is 0.00182. The third kappa shape index (κ3) is 6.74. The van der Waals surface area contributed by atoms with E-state index in [1.54, 1.807) is 31.4 Å². The van der Waals surface area contributed by atoms with Crippen molar-refractivity contribution in [1.82, 2.24) is 4.98 Å². The summed E-state index contributed by atoms with van der Waals surface area (Å²) in [5.41, 5.74) is 1.85. The summed E-state index contributed by atoms with van der Waals surface area (Å²) in [6, 6.07) is 15.6. The Kier molecular flexibility index (Phi) is 8.17. The van der Waals surface area contributed by atoms with Crippen molar-refractivity contribution in [3.63, 3.8) is 0 Å². The molecule has 0 fully saturated rings. The molecule has 0 bridgehead atoms. The molecular formula is C26H26F3NO4. The van der Waals surface area contributed by atoms with Crippen LogP contribution < -0.4 is 9.47 Å². The molecule has 0 aliphatic carbocycles. The van der Waals surface area contributed by atoms with Crippen molar-refractivity contribution in [2.45, 2.75) is 25.6 Å². The molecule has 1 aromatic heterocycles. The highest BCUT2D eigenvalue weighted by atomic mass is 19.4. The highest BCUT2D eigenvalue weighted by Crippen LogP contribution is 2.32. The van der Waals surface area contributed by atoms with Crippen LogP contribution in [0.5, 0.6) is 11.5 Å². The van der Waals surface area contributed by atoms with Gasteiger partial charge in [0.05, 0.1) is 23.6 Å². The standard InChI is InChI=1S/C26H26F3NO4/c1-17-15-21(11-12-24(17)33-16-18(2)31)34-25(13-14-32-3)23-6-4-5-22(30-23)19-7-9-20(10-8-19)26(27,28)29/h4-12,15,25,31H,2,13-14,16H2,1,3H3/t25-/m0/s1. The van der Waals surface area contributed by atoms with Gasteiger partial charge in [-0.2, -0.15) is 13.2 Å². The van der Waals surface area contributed by atoms with Crippen LogP contribution in [0.1, 0.15) is 29.3 Å². The van der Waals surface area contributed by atoms with Gasteiger partial charge >= 0.3 is 6.18 Å². The Morgan fingerprint density at radius 1 is 1.09 bits per heavy atom. The Bertz CT molecular complexity index is 1110. The van der Waals surface area contributed by atoms with Crippen LogP contribution in [0.2, 0.25) is 0 Å². The Morgan fingerprint density at radius 3 is 2.44 bits per heavy atom. The monoisotopic (exact) mass is 473 g/mol. The molecule has 1 atom stereocenters. The lowest BCUT2D eigenvalue weighted by Gasteiger charge is -2.20. The van der Waals surface area contributed by atoms with Crippen LogP contribution in [0.4, 0.5) is 13.2 Å². The molecule has 0 aliphatic rings. The van der Waals surface area contributed by atoms with Crippen molar-refractivity contribution in [2.75, 3.05) is 20.3 Å². The topological polar surface area (TPSA) is 60.8 Å². The first kappa shape index (κ1) is 25.1. The van der Waals surface area contributed by atoms with E-state index < -0.39 is 17.8 Å². The predicted molar refractivity (Wildman–Crippen MR) is 123 cm³/mol. The summed E-state index contributed by atoms with van der Waals surface area (Å²) in [6.45, 7) is 5.68. The van der Waals surface area contributed by atoms with Crippen molar-refractivity contribution in [1.29, 1.82) is 0 Å². The molecule has 1 N–H and O–H groups in total. The summed E-state index contributed by atoms with van der Waals surface area (Å²) in [5.74, 6) is 1.12. The molecule has 3 aromatic rings. The molecular weight excluding hydrogens is 447 g/mol. The van der Waals surface area contributed by atoms with Gasteiger partial charge in [0.25, 0.3) is 0 Å². The number of aliphatic hydroxyl groups is 1. The van der Waals surface area contributed by atoms with Crippen LogP contribution in [0.3, 0.4) is 0 Å². The first-order valence-electron chi connectivity index (χ1n) is 10.6. The lowest BCUT2D eigenvalue weighted by molar-refractivity contribution is -0.137. The van der Waals surface area contributed by atoms with Crippen molar-refractivity contribution in [3.8, 4) is 22.8 Å². The number of aliphatic hydroxyl groups excluding tert-OH is 1. The number of aryl methyl sites for hydroxylation is 1. The van der Waals surface area contributed by atoms with E-state index in [0.717, 1.165) is 17.7 Å². The molecule has 2 aromatic carbocycles. The van der Waals surface area contributed by atoms with E-state index >= 15 is 0 Å². The molecule has 0 aliphatic heterocycles. The fraction of sp³-hybridized carbons (Fsp3) is 0.269. The number of halogens is 3. The molecule has 1 heterocycles. The van der Waals surface area contributed by atoms with Gasteiger partial charge in [-0.25, -0.2) is 4.98 Å². The number of rotatable bonds is 10. The van der Waals surface area contributed by atoms with E-state index in [1.165, 1.54) is 12.1 Å². The molecule has 0 saturated carbocycles. The van der Waals surface area contributed by atoms with Gasteiger partial charge in [0, 0.05) is 19.1 Å². The molecule has 0 radical (unpaired) electrons. The number of aromatic nitrogens is 1. The third-order valence-corrected chi connectivity index (χ3v) is 5.01. The van der Waals surface area contributed by atoms with E-state index in [-0.39, 0.29) is 12.4 Å². The number of alkyl halides is 3. The van der Waals surface area contributed by atoms with Crippen molar-refractivity contribution < 1.29 is 32.5 Å². The van der Waals surface area contributed by atoms with Crippen molar-refractivity contribution >= 4 is 0 Å². The smallest absolute Gasteiger partial charge is 0.416 e. The summed E-state index contributed by atoms with van der Waals surface area (Å²) < 4.78 is 55.6. The average molecular weight is 473 g/mol. The fourth-order valence-electron chi connectivity index (χ4n) is 3.30. The fourth-order valence-corrected chi connectivity index (χ4v) is 3.30. The summed E-state index contributed by atoms with van der Waals surface area (Å²) in [7, 11) is 1.59. The molecule has 180 valence electrons. The number of ether oxygens (including phenoxy) is 3. The SMILES string of the molecule is C=C(O)COc1ccc(O[C@@H](CCOC)c2cccc(-c3ccc(C(F)(F)F)cc3)n2)cc1C. The number of methoxy groups -OCH3 is 1. The number of nitrogens with zero attached hydrogens (tertiary/aromatic N) is 1. The minimum atomic E-state index is -4.39. The van der Waals surface area contributed by atoms with Crippen LogP contribution in [-0.2, 0) is 10.9 Å². The molecule has 0 spiro atoms. The molecule has 3 rings (SSSR count). The average Bonchev–Trinajstić information content (AvgIpc) is 2.80. The normalized spacial score (nSPS) is 12.3. The van der Waals surface area contributed by atoms with Crippen LogP contribution in [0, 0.1) is 6.92 Å². The summed E-state index contributed by atoms with van der Waals surface area (Å²) in [5, 5.41) is 9.23. The van der Waals surface area contributed by atoms with E-state index in [9.17, 15) is 18.3 Å². The second-order valence-electron chi connectivity index (χ2n) is 7.69. The van der Waals surface area contributed by atoms with Crippen LogP contribution >= 0.6 is 0 Å². The maximum absolute atomic E-state index is 12.9. The highest BCUT2D eigenvalue weighted by Gasteiger charge is 2.30. The van der Waals surface area contributed by atoms with Gasteiger partial charge in [-0.3, -0.25) is 0 Å². The lowest BCUT2D eigenvalue weighted by Crippen LogP contribution is -2.12. The number of pyridine rings is 1. The van der Waals surface area contributed by atoms with Crippen LogP contribution in [0.15, 0.2) is 73.0 Å². The summed E-state index contributed by atoms with van der Waals surface area (Å²) >= 11 is 0. The zero-order valence-electron chi connectivity index (χ0n) is 18.9.